The predicted octanol–water partition coefficient (Wildman–Crippen LogP) is 0.742. The second-order valence-electron chi connectivity index (χ2n) is 4.78. The molecule has 14 heavy (non-hydrogen) atoms. The van der Waals surface area contributed by atoms with Gasteiger partial charge in [-0.15, -0.1) is 0 Å². The Kier molecular flexibility index (Phi) is 1.96. The second-order valence-corrected chi connectivity index (χ2v) is 4.78. The smallest absolute Gasteiger partial charge is 0.323 e. The van der Waals surface area contributed by atoms with Crippen LogP contribution in [0.15, 0.2) is 11.0 Å². The summed E-state index contributed by atoms with van der Waals surface area (Å²) >= 11 is 0. The number of aromatic amines is 1. The molecule has 4 heteroatoms. The highest BCUT2D eigenvalue weighted by atomic mass is 16.1. The van der Waals surface area contributed by atoms with Crippen LogP contribution >= 0.6 is 0 Å². The van der Waals surface area contributed by atoms with Crippen molar-refractivity contribution in [3.05, 3.63) is 27.9 Å². The van der Waals surface area contributed by atoms with Gasteiger partial charge in [-0.1, -0.05) is 13.8 Å². The number of nitrogens with two attached hydrogens (primary N) is 1. The molecule has 0 spiro atoms. The lowest BCUT2D eigenvalue weighted by Crippen LogP contribution is -2.33. The first kappa shape index (κ1) is 9.40. The Morgan fingerprint density at radius 2 is 2.36 bits per heavy atom. The van der Waals surface area contributed by atoms with Gasteiger partial charge in [-0.2, -0.15) is 0 Å². The van der Waals surface area contributed by atoms with E-state index in [0.717, 1.165) is 24.1 Å². The van der Waals surface area contributed by atoms with Crippen LogP contribution < -0.4 is 11.4 Å². The fourth-order valence-corrected chi connectivity index (χ4v) is 2.19. The fourth-order valence-electron chi connectivity index (χ4n) is 2.19. The molecule has 1 unspecified atom stereocenters. The van der Waals surface area contributed by atoms with E-state index in [4.69, 9.17) is 5.73 Å². The van der Waals surface area contributed by atoms with Crippen LogP contribution in [0.25, 0.3) is 0 Å². The number of rotatable bonds is 0. The number of hydrogen-bond acceptors (Lipinski definition) is 3. The van der Waals surface area contributed by atoms with E-state index in [2.05, 4.69) is 23.8 Å². The molecule has 0 amide bonds. The third-order valence-electron chi connectivity index (χ3n) is 2.74. The summed E-state index contributed by atoms with van der Waals surface area (Å²) in [6.45, 7) is 4.36. The molecule has 0 aromatic carbocycles. The molecule has 76 valence electrons. The van der Waals surface area contributed by atoms with Crippen LogP contribution in [0, 0.1) is 5.41 Å². The van der Waals surface area contributed by atoms with Crippen LogP contribution in [-0.4, -0.2) is 9.97 Å². The monoisotopic (exact) mass is 193 g/mol. The third-order valence-corrected chi connectivity index (χ3v) is 2.74. The Balaban J connectivity index is 2.50. The van der Waals surface area contributed by atoms with E-state index in [1.807, 2.05) is 0 Å². The van der Waals surface area contributed by atoms with Crippen LogP contribution in [0.5, 0.6) is 0 Å². The number of nitrogens with one attached hydrogen (secondary N) is 1. The predicted molar refractivity (Wildman–Crippen MR) is 53.9 cm³/mol. The molecule has 1 heterocycles. The van der Waals surface area contributed by atoms with Gasteiger partial charge in [-0.25, -0.2) is 9.78 Å². The van der Waals surface area contributed by atoms with Crippen LogP contribution in [0.3, 0.4) is 0 Å². The Morgan fingerprint density at radius 3 is 3.07 bits per heavy atom. The van der Waals surface area contributed by atoms with Gasteiger partial charge in [0.1, 0.15) is 0 Å². The minimum atomic E-state index is -0.307. The maximum atomic E-state index is 11.0. The first-order chi connectivity index (χ1) is 6.48. The lowest BCUT2D eigenvalue weighted by Gasteiger charge is -2.34. The zero-order valence-corrected chi connectivity index (χ0v) is 8.50. The van der Waals surface area contributed by atoms with E-state index in [9.17, 15) is 4.79 Å². The Hall–Kier alpha value is -1.16. The van der Waals surface area contributed by atoms with Crippen molar-refractivity contribution in [2.75, 3.05) is 0 Å². The molecule has 1 atom stereocenters. The molecular formula is C10H15N3O. The second kappa shape index (κ2) is 2.92. The van der Waals surface area contributed by atoms with Gasteiger partial charge < -0.3 is 10.7 Å². The van der Waals surface area contributed by atoms with Gasteiger partial charge >= 0.3 is 5.69 Å². The molecule has 1 aliphatic carbocycles. The van der Waals surface area contributed by atoms with Crippen molar-refractivity contribution in [2.45, 2.75) is 32.7 Å². The number of hydrogen-bond donors (Lipinski definition) is 2. The largest absolute Gasteiger partial charge is 0.345 e. The maximum absolute atomic E-state index is 11.0. The fraction of sp³-hybridized carbons (Fsp3) is 0.600. The molecule has 0 fully saturated rings. The van der Waals surface area contributed by atoms with E-state index >= 15 is 0 Å². The summed E-state index contributed by atoms with van der Waals surface area (Å²) in [5, 5.41) is 0. The molecule has 0 bridgehead atoms. The number of aromatic nitrogens is 2. The SMILES string of the molecule is CC1(C)Cc2cnc(=O)[nH]c2C(N)C1. The van der Waals surface area contributed by atoms with Gasteiger partial charge in [0, 0.05) is 17.9 Å². The number of fused-ring (bicyclic) bond motifs is 1. The number of H-pyrrole nitrogens is 1. The first-order valence-corrected chi connectivity index (χ1v) is 4.82. The molecule has 1 aromatic rings. The van der Waals surface area contributed by atoms with Crippen molar-refractivity contribution in [3.63, 3.8) is 0 Å². The van der Waals surface area contributed by atoms with Crippen molar-refractivity contribution in [3.8, 4) is 0 Å². The van der Waals surface area contributed by atoms with E-state index in [1.165, 1.54) is 0 Å². The quantitative estimate of drug-likeness (QED) is 0.638. The van der Waals surface area contributed by atoms with Crippen molar-refractivity contribution in [1.29, 1.82) is 0 Å². The normalized spacial score (nSPS) is 24.4. The minimum Gasteiger partial charge on any atom is -0.323 e. The maximum Gasteiger partial charge on any atom is 0.345 e. The lowest BCUT2D eigenvalue weighted by molar-refractivity contribution is 0.278. The minimum absolute atomic E-state index is 0.0653. The summed E-state index contributed by atoms with van der Waals surface area (Å²) in [4.78, 5) is 17.5. The number of nitrogens with zero attached hydrogens (tertiary/aromatic N) is 1. The van der Waals surface area contributed by atoms with E-state index in [-0.39, 0.29) is 17.1 Å². The Labute approximate surface area is 82.6 Å². The van der Waals surface area contributed by atoms with Gasteiger partial charge in [0.2, 0.25) is 0 Å². The van der Waals surface area contributed by atoms with E-state index in [1.54, 1.807) is 6.20 Å². The molecule has 1 aromatic heterocycles. The molecule has 0 radical (unpaired) electrons. The van der Waals surface area contributed by atoms with Crippen molar-refractivity contribution >= 4 is 0 Å². The molecule has 3 N–H and O–H groups in total. The summed E-state index contributed by atoms with van der Waals surface area (Å²) in [6, 6.07) is -0.0653. The zero-order chi connectivity index (χ0) is 10.3. The van der Waals surface area contributed by atoms with E-state index < -0.39 is 0 Å². The summed E-state index contributed by atoms with van der Waals surface area (Å²) < 4.78 is 0. The van der Waals surface area contributed by atoms with Crippen molar-refractivity contribution in [2.24, 2.45) is 11.1 Å². The van der Waals surface area contributed by atoms with Crippen LogP contribution in [0.4, 0.5) is 0 Å². The molecule has 0 saturated heterocycles. The van der Waals surface area contributed by atoms with E-state index in [0.29, 0.717) is 0 Å². The Morgan fingerprint density at radius 1 is 1.64 bits per heavy atom. The standard InChI is InChI=1S/C10H15N3O/c1-10(2)3-6-5-12-9(14)13-8(6)7(11)4-10/h5,7H,3-4,11H2,1-2H3,(H,12,13,14). The van der Waals surface area contributed by atoms with Crippen LogP contribution in [0.1, 0.15) is 37.6 Å². The molecule has 4 nitrogen and oxygen atoms in total. The summed E-state index contributed by atoms with van der Waals surface area (Å²) in [5.41, 5.74) is 7.83. The zero-order valence-electron chi connectivity index (χ0n) is 8.50. The molecular weight excluding hydrogens is 178 g/mol. The Bertz CT molecular complexity index is 408. The highest BCUT2D eigenvalue weighted by Gasteiger charge is 2.30. The average Bonchev–Trinajstić information content (AvgIpc) is 2.05. The summed E-state index contributed by atoms with van der Waals surface area (Å²) in [5.74, 6) is 0. The van der Waals surface area contributed by atoms with Gasteiger partial charge in [-0.05, 0) is 23.8 Å². The molecule has 1 aliphatic rings. The van der Waals surface area contributed by atoms with Crippen molar-refractivity contribution < 1.29 is 0 Å². The van der Waals surface area contributed by atoms with Gasteiger partial charge in [-0.3, -0.25) is 0 Å². The highest BCUT2D eigenvalue weighted by Crippen LogP contribution is 2.37. The first-order valence-electron chi connectivity index (χ1n) is 4.82. The molecule has 0 saturated carbocycles. The van der Waals surface area contributed by atoms with Gasteiger partial charge in [0.25, 0.3) is 0 Å². The molecule has 2 rings (SSSR count). The lowest BCUT2D eigenvalue weighted by atomic mass is 9.74. The average molecular weight is 193 g/mol. The van der Waals surface area contributed by atoms with Gasteiger partial charge in [0.05, 0.1) is 0 Å². The molecule has 0 aliphatic heterocycles. The summed E-state index contributed by atoms with van der Waals surface area (Å²) in [7, 11) is 0. The third kappa shape index (κ3) is 1.57. The van der Waals surface area contributed by atoms with Gasteiger partial charge in [0.15, 0.2) is 0 Å². The van der Waals surface area contributed by atoms with Crippen LogP contribution in [0.2, 0.25) is 0 Å². The highest BCUT2D eigenvalue weighted by molar-refractivity contribution is 5.24. The topological polar surface area (TPSA) is 71.8 Å². The summed E-state index contributed by atoms with van der Waals surface area (Å²) in [6.07, 6.45) is 3.48. The van der Waals surface area contributed by atoms with Crippen LogP contribution in [-0.2, 0) is 6.42 Å². The van der Waals surface area contributed by atoms with Crippen molar-refractivity contribution in [1.82, 2.24) is 9.97 Å².